The van der Waals surface area contributed by atoms with Gasteiger partial charge < -0.3 is 10.6 Å². The van der Waals surface area contributed by atoms with E-state index in [2.05, 4.69) is 20.3 Å². The number of nitrogens with zero attached hydrogens (tertiary/aromatic N) is 1. The minimum absolute atomic E-state index is 0.00476. The van der Waals surface area contributed by atoms with Gasteiger partial charge in [-0.1, -0.05) is 12.1 Å². The highest BCUT2D eigenvalue weighted by Gasteiger charge is 2.29. The van der Waals surface area contributed by atoms with Crippen molar-refractivity contribution in [3.63, 3.8) is 0 Å². The van der Waals surface area contributed by atoms with Crippen molar-refractivity contribution in [1.29, 1.82) is 0 Å². The third-order valence-electron chi connectivity index (χ3n) is 4.25. The van der Waals surface area contributed by atoms with Gasteiger partial charge in [-0.15, -0.1) is 0 Å². The smallest absolute Gasteiger partial charge is 0.242 e. The summed E-state index contributed by atoms with van der Waals surface area (Å²) in [5.74, 6) is -0.0654. The third-order valence-corrected chi connectivity index (χ3v) is 5.69. The summed E-state index contributed by atoms with van der Waals surface area (Å²) in [6, 6.07) is 10.2. The van der Waals surface area contributed by atoms with E-state index >= 15 is 0 Å². The fourth-order valence-electron chi connectivity index (χ4n) is 2.47. The van der Waals surface area contributed by atoms with Crippen LogP contribution in [0.15, 0.2) is 53.7 Å². The maximum Gasteiger partial charge on any atom is 0.242 e. The van der Waals surface area contributed by atoms with Crippen LogP contribution in [0.5, 0.6) is 0 Å². The number of nitrogens with one attached hydrogen (secondary N) is 3. The van der Waals surface area contributed by atoms with Gasteiger partial charge in [-0.05, 0) is 42.7 Å². The Balaban J connectivity index is 1.38. The molecule has 1 fully saturated rings. The lowest BCUT2D eigenvalue weighted by molar-refractivity contribution is -0.121. The van der Waals surface area contributed by atoms with Crippen molar-refractivity contribution in [2.75, 3.05) is 11.9 Å². The summed E-state index contributed by atoms with van der Waals surface area (Å²) >= 11 is 0. The normalized spacial score (nSPS) is 13.7. The zero-order valence-corrected chi connectivity index (χ0v) is 16.0. The molecule has 28 heavy (non-hydrogen) atoms. The summed E-state index contributed by atoms with van der Waals surface area (Å²) < 4.78 is 26.4. The van der Waals surface area contributed by atoms with Gasteiger partial charge in [0.15, 0.2) is 0 Å². The lowest BCUT2D eigenvalue weighted by Gasteiger charge is -2.09. The van der Waals surface area contributed by atoms with Crippen molar-refractivity contribution in [3.8, 4) is 0 Å². The maximum atomic E-state index is 12.0. The fourth-order valence-corrected chi connectivity index (χ4v) is 3.47. The van der Waals surface area contributed by atoms with Crippen LogP contribution in [0.1, 0.15) is 24.8 Å². The highest BCUT2D eigenvalue weighted by atomic mass is 32.2. The molecule has 1 aromatic carbocycles. The van der Waals surface area contributed by atoms with Gasteiger partial charge in [-0.2, -0.15) is 0 Å². The number of sulfonamides is 1. The number of benzene rings is 1. The molecule has 2 amide bonds. The molecule has 0 atom stereocenters. The van der Waals surface area contributed by atoms with Crippen LogP contribution >= 0.6 is 0 Å². The molecule has 2 aromatic rings. The van der Waals surface area contributed by atoms with Crippen LogP contribution in [0.4, 0.5) is 5.69 Å². The molecule has 1 heterocycles. The van der Waals surface area contributed by atoms with Crippen LogP contribution in [0.25, 0.3) is 0 Å². The maximum absolute atomic E-state index is 12.0. The van der Waals surface area contributed by atoms with Gasteiger partial charge in [0, 0.05) is 43.5 Å². The van der Waals surface area contributed by atoms with Crippen molar-refractivity contribution >= 4 is 27.5 Å². The van der Waals surface area contributed by atoms with Crippen LogP contribution in [0.2, 0.25) is 0 Å². The Kier molecular flexibility index (Phi) is 6.37. The van der Waals surface area contributed by atoms with E-state index in [0.717, 1.165) is 24.1 Å². The topological polar surface area (TPSA) is 117 Å². The van der Waals surface area contributed by atoms with Crippen LogP contribution in [0.3, 0.4) is 0 Å². The zero-order chi connectivity index (χ0) is 20.0. The number of rotatable bonds is 9. The average molecular weight is 402 g/mol. The highest BCUT2D eigenvalue weighted by molar-refractivity contribution is 7.89. The van der Waals surface area contributed by atoms with Gasteiger partial charge >= 0.3 is 0 Å². The molecule has 0 radical (unpaired) electrons. The fraction of sp³-hybridized carbons (Fsp3) is 0.316. The Morgan fingerprint density at radius 3 is 2.50 bits per heavy atom. The molecule has 1 saturated carbocycles. The first kappa shape index (κ1) is 20.0. The summed E-state index contributed by atoms with van der Waals surface area (Å²) in [5.41, 5.74) is 1.62. The first-order valence-electron chi connectivity index (χ1n) is 9.00. The Morgan fingerprint density at radius 1 is 1.11 bits per heavy atom. The monoisotopic (exact) mass is 402 g/mol. The first-order valence-corrected chi connectivity index (χ1v) is 10.5. The van der Waals surface area contributed by atoms with Gasteiger partial charge in [0.2, 0.25) is 21.8 Å². The number of carbonyl (C=O) groups excluding carboxylic acids is 2. The molecule has 148 valence electrons. The van der Waals surface area contributed by atoms with E-state index in [4.69, 9.17) is 0 Å². The Hall–Kier alpha value is -2.78. The molecular weight excluding hydrogens is 380 g/mol. The molecule has 0 unspecified atom stereocenters. The Bertz CT molecular complexity index is 926. The standard InChI is InChI=1S/C19H22N4O4S/c24-18(9-11-22-28(26,27)17-2-1-10-20-13-17)21-12-14-3-7-16(8-4-14)23-19(25)15-5-6-15/h1-4,7-8,10,13,15,22H,5-6,9,11-12H2,(H,21,24)(H,23,25). The molecule has 0 bridgehead atoms. The number of amides is 2. The zero-order valence-electron chi connectivity index (χ0n) is 15.2. The number of pyridine rings is 1. The van der Waals surface area contributed by atoms with Gasteiger partial charge in [0.1, 0.15) is 4.90 Å². The minimum atomic E-state index is -3.67. The van der Waals surface area contributed by atoms with Crippen LogP contribution in [-0.2, 0) is 26.2 Å². The Morgan fingerprint density at radius 2 is 1.86 bits per heavy atom. The highest BCUT2D eigenvalue weighted by Crippen LogP contribution is 2.30. The third kappa shape index (κ3) is 5.86. The summed E-state index contributed by atoms with van der Waals surface area (Å²) in [5, 5.41) is 5.60. The SMILES string of the molecule is O=C(CCNS(=O)(=O)c1cccnc1)NCc1ccc(NC(=O)C2CC2)cc1. The number of hydrogen-bond acceptors (Lipinski definition) is 5. The number of carbonyl (C=O) groups is 2. The summed E-state index contributed by atoms with van der Waals surface area (Å²) in [6.07, 6.45) is 4.66. The molecule has 9 heteroatoms. The molecule has 3 N–H and O–H groups in total. The van der Waals surface area contributed by atoms with Crippen molar-refractivity contribution < 1.29 is 18.0 Å². The minimum Gasteiger partial charge on any atom is -0.352 e. The quantitative estimate of drug-likeness (QED) is 0.586. The predicted octanol–water partition coefficient (Wildman–Crippen LogP) is 1.41. The van der Waals surface area contributed by atoms with Crippen LogP contribution < -0.4 is 15.4 Å². The van der Waals surface area contributed by atoms with Crippen molar-refractivity contribution in [1.82, 2.24) is 15.0 Å². The van der Waals surface area contributed by atoms with Gasteiger partial charge in [0.25, 0.3) is 0 Å². The number of aromatic nitrogens is 1. The molecular formula is C19H22N4O4S. The van der Waals surface area contributed by atoms with Gasteiger partial charge in [-0.25, -0.2) is 13.1 Å². The summed E-state index contributed by atoms with van der Waals surface area (Å²) in [7, 11) is -3.67. The second kappa shape index (κ2) is 8.94. The molecule has 8 nitrogen and oxygen atoms in total. The van der Waals surface area contributed by atoms with Crippen LogP contribution in [0, 0.1) is 5.92 Å². The van der Waals surface area contributed by atoms with Crippen LogP contribution in [-0.4, -0.2) is 31.8 Å². The van der Waals surface area contributed by atoms with Crippen molar-refractivity contribution in [2.24, 2.45) is 5.92 Å². The molecule has 0 spiro atoms. The van der Waals surface area contributed by atoms with E-state index in [0.29, 0.717) is 6.54 Å². The number of anilines is 1. The molecule has 1 aliphatic rings. The van der Waals surface area contributed by atoms with Gasteiger partial charge in [-0.3, -0.25) is 14.6 Å². The molecule has 0 aliphatic heterocycles. The number of hydrogen-bond donors (Lipinski definition) is 3. The van der Waals surface area contributed by atoms with Gasteiger partial charge in [0.05, 0.1) is 0 Å². The second-order valence-electron chi connectivity index (χ2n) is 6.57. The van der Waals surface area contributed by atoms with E-state index in [1.807, 2.05) is 12.1 Å². The van der Waals surface area contributed by atoms with Crippen molar-refractivity contribution in [3.05, 3.63) is 54.4 Å². The van der Waals surface area contributed by atoms with E-state index in [9.17, 15) is 18.0 Å². The average Bonchev–Trinajstić information content (AvgIpc) is 3.53. The van der Waals surface area contributed by atoms with Crippen molar-refractivity contribution in [2.45, 2.75) is 30.7 Å². The summed E-state index contributed by atoms with van der Waals surface area (Å²) in [4.78, 5) is 27.5. The molecule has 1 aliphatic carbocycles. The lowest BCUT2D eigenvalue weighted by atomic mass is 10.2. The lowest BCUT2D eigenvalue weighted by Crippen LogP contribution is -2.30. The molecule has 3 rings (SSSR count). The first-order chi connectivity index (χ1) is 13.4. The molecule has 1 aromatic heterocycles. The van der Waals surface area contributed by atoms with E-state index < -0.39 is 10.0 Å². The Labute approximate surface area is 163 Å². The predicted molar refractivity (Wildman–Crippen MR) is 104 cm³/mol. The van der Waals surface area contributed by atoms with E-state index in [1.165, 1.54) is 24.5 Å². The molecule has 0 saturated heterocycles. The van der Waals surface area contributed by atoms with E-state index in [-0.39, 0.29) is 35.6 Å². The largest absolute Gasteiger partial charge is 0.352 e. The van der Waals surface area contributed by atoms with E-state index in [1.54, 1.807) is 12.1 Å². The second-order valence-corrected chi connectivity index (χ2v) is 8.34. The summed E-state index contributed by atoms with van der Waals surface area (Å²) in [6.45, 7) is 0.320.